The Balaban J connectivity index is 1.40. The molecule has 0 spiro atoms. The van der Waals surface area contributed by atoms with Crippen molar-refractivity contribution in [3.8, 4) is 0 Å². The highest BCUT2D eigenvalue weighted by Crippen LogP contribution is 2.43. The van der Waals surface area contributed by atoms with Crippen molar-refractivity contribution in [1.82, 2.24) is 18.4 Å². The number of ketones is 1. The monoisotopic (exact) mass is 1170 g/mol. The summed E-state index contributed by atoms with van der Waals surface area (Å²) >= 11 is 0. The molecule has 3 atom stereocenters. The van der Waals surface area contributed by atoms with E-state index in [1.54, 1.807) is 67.6 Å². The van der Waals surface area contributed by atoms with Crippen molar-refractivity contribution in [2.24, 2.45) is 5.92 Å². The van der Waals surface area contributed by atoms with E-state index in [4.69, 9.17) is 0 Å². The molecule has 2 fully saturated rings. The summed E-state index contributed by atoms with van der Waals surface area (Å²) in [6.07, 6.45) is 1.03. The van der Waals surface area contributed by atoms with E-state index in [2.05, 4.69) is 9.80 Å². The lowest BCUT2D eigenvalue weighted by atomic mass is 10.1. The van der Waals surface area contributed by atoms with E-state index >= 15 is 30.0 Å². The molecule has 428 valence electrons. The highest BCUT2D eigenvalue weighted by molar-refractivity contribution is 7.89. The Bertz CT molecular complexity index is 3500. The molecule has 8 rings (SSSR count). The van der Waals surface area contributed by atoms with Crippen LogP contribution in [-0.2, 0) is 58.0 Å². The molecule has 80 heavy (non-hydrogen) atoms. The van der Waals surface area contributed by atoms with Crippen LogP contribution in [0.5, 0.6) is 0 Å². The maximum absolute atomic E-state index is 17.0. The zero-order chi connectivity index (χ0) is 57.4. The van der Waals surface area contributed by atoms with Gasteiger partial charge in [-0.2, -0.15) is 25.4 Å². The third-order valence-corrected chi connectivity index (χ3v) is 24.3. The third kappa shape index (κ3) is 13.6. The van der Waals surface area contributed by atoms with Gasteiger partial charge >= 0.3 is 20.0 Å². The van der Waals surface area contributed by atoms with Gasteiger partial charge in [0.05, 0.1) is 16.3 Å². The van der Waals surface area contributed by atoms with Crippen LogP contribution >= 0.6 is 0 Å². The van der Waals surface area contributed by atoms with Gasteiger partial charge in [-0.25, -0.2) is 16.8 Å². The minimum absolute atomic E-state index is 0.0373. The Kier molecular flexibility index (Phi) is 19.5. The molecule has 0 amide bonds. The van der Waals surface area contributed by atoms with E-state index < -0.39 is 86.0 Å². The van der Waals surface area contributed by atoms with Gasteiger partial charge in [-0.05, 0) is 117 Å². The highest BCUT2D eigenvalue weighted by Gasteiger charge is 2.68. The van der Waals surface area contributed by atoms with Crippen LogP contribution in [-0.4, -0.2) is 144 Å². The number of carbonyl (C=O) groups is 1. The molecule has 6 aromatic rings. The lowest BCUT2D eigenvalue weighted by Crippen LogP contribution is -2.79. The normalized spacial score (nSPS) is 22.1. The van der Waals surface area contributed by atoms with Crippen LogP contribution in [0.15, 0.2) is 177 Å². The molecule has 0 radical (unpaired) electrons. The maximum atomic E-state index is 17.0. The minimum Gasteiger partial charge on any atom is -0.299 e. The lowest BCUT2D eigenvalue weighted by molar-refractivity contribution is -1.38. The van der Waals surface area contributed by atoms with Crippen molar-refractivity contribution in [2.75, 3.05) is 78.5 Å². The molecular weight excluding hydrogens is 1090 g/mol. The zero-order valence-electron chi connectivity index (χ0n) is 46.8. The molecule has 0 N–H and O–H groups in total. The predicted molar refractivity (Wildman–Crippen MR) is 313 cm³/mol. The average Bonchev–Trinajstić information content (AvgIpc) is 3.58. The second-order valence-corrected chi connectivity index (χ2v) is 30.0. The van der Waals surface area contributed by atoms with Crippen LogP contribution in [0.4, 0.5) is 0 Å². The summed E-state index contributed by atoms with van der Waals surface area (Å²) < 4.78 is 128. The second kappa shape index (κ2) is 25.8. The topological polar surface area (TPSA) is 167 Å². The van der Waals surface area contributed by atoms with Crippen molar-refractivity contribution in [1.29, 1.82) is 0 Å². The van der Waals surface area contributed by atoms with Gasteiger partial charge in [0, 0.05) is 64.6 Å². The number of hydrogen-bond donors (Lipinski definition) is 0. The number of carbonyl (C=O) groups excluding carboxylic acids is 1. The van der Waals surface area contributed by atoms with Crippen molar-refractivity contribution >= 4 is 45.9 Å². The van der Waals surface area contributed by atoms with Gasteiger partial charge in [0.25, 0.3) is 0 Å². The number of sulfonamides is 4. The Morgan fingerprint density at radius 2 is 0.775 bits per heavy atom. The highest BCUT2D eigenvalue weighted by atomic mass is 32.2. The SMILES string of the molecule is Cc1ccc(S(=O)(=O)N2CCCN(Cc3ccccc3)CCC[N+]([N+]3(S(=O)(=O)c4ccc(C)cc4)CCCN(Cc4ccccc4)CCCN(S(=O)(=O)c4ccc(C)cc4)CC(C)C3)(S(=O)(=O)c3ccc(C)cc3)CC(=O)C2)cc1. The molecule has 0 aliphatic carbocycles. The van der Waals surface area contributed by atoms with Crippen molar-refractivity contribution in [2.45, 2.75) is 93.0 Å². The first-order valence-corrected chi connectivity index (χ1v) is 33.4. The van der Waals surface area contributed by atoms with Gasteiger partial charge in [0.15, 0.2) is 0 Å². The van der Waals surface area contributed by atoms with Gasteiger partial charge in [0.1, 0.15) is 29.4 Å². The molecule has 19 heteroatoms. The molecule has 0 aromatic heterocycles. The number of aryl methyl sites for hydroxylation is 4. The van der Waals surface area contributed by atoms with E-state index in [1.165, 1.54) is 40.7 Å². The average molecular weight is 1170 g/mol. The molecule has 3 unspecified atom stereocenters. The Hall–Kier alpha value is -5.45. The van der Waals surface area contributed by atoms with Crippen LogP contribution in [0.2, 0.25) is 0 Å². The minimum atomic E-state index is -5.07. The first kappa shape index (κ1) is 60.6. The fourth-order valence-corrected chi connectivity index (χ4v) is 19.3. The smallest absolute Gasteiger partial charge is 0.299 e. The summed E-state index contributed by atoms with van der Waals surface area (Å²) in [6.45, 7) is 8.26. The van der Waals surface area contributed by atoms with E-state index in [1.807, 2.05) is 88.4 Å². The number of Topliss-reactive ketones (excluding diaryl/α,β-unsaturated/α-hetero) is 1. The number of nitrogens with zero attached hydrogens (tertiary/aromatic N) is 6. The molecule has 0 saturated carbocycles. The van der Waals surface area contributed by atoms with Gasteiger partial charge in [-0.15, -0.1) is 0 Å². The third-order valence-electron chi connectivity index (χ3n) is 15.6. The fourth-order valence-electron chi connectivity index (χ4n) is 11.4. The predicted octanol–water partition coefficient (Wildman–Crippen LogP) is 8.73. The molecule has 0 bridgehead atoms. The maximum Gasteiger partial charge on any atom is 0.372 e. The van der Waals surface area contributed by atoms with E-state index in [-0.39, 0.29) is 71.7 Å². The zero-order valence-corrected chi connectivity index (χ0v) is 50.1. The quantitative estimate of drug-likeness (QED) is 0.102. The molecule has 15 nitrogen and oxygen atoms in total. The van der Waals surface area contributed by atoms with Gasteiger partial charge < -0.3 is 0 Å². The number of hydrogen-bond acceptors (Lipinski definition) is 11. The van der Waals surface area contributed by atoms with Crippen molar-refractivity contribution in [3.63, 3.8) is 0 Å². The van der Waals surface area contributed by atoms with Crippen LogP contribution < -0.4 is 0 Å². The number of quaternary nitrogens is 2. The van der Waals surface area contributed by atoms with E-state index in [9.17, 15) is 8.42 Å². The summed E-state index contributed by atoms with van der Waals surface area (Å²) in [4.78, 5) is 19.7. The number of rotatable bonds is 13. The molecule has 6 aromatic carbocycles. The standard InChI is InChI=1S/C61H78N6O9S4/c1-50-20-28-58(29-21-50)77(69,70)64-40-12-36-62(45-55-16-8-6-9-17-55)38-14-42-66(48-54(5)44-64,79(73,74)60-32-24-52(3)25-33-60)67(80(75,76)61-34-26-53(4)27-35-61)43-15-39-63(46-56-18-10-7-11-19-56)37-13-41-65(47-57(68)49-67)78(71,72)59-30-22-51(2)23-31-59/h6-11,16-35,54H,12-15,36-49H2,1-5H3/q+2. The van der Waals surface area contributed by atoms with Gasteiger partial charge in [-0.3, -0.25) is 14.6 Å². The summed E-state index contributed by atoms with van der Waals surface area (Å²) in [5.41, 5.74) is 5.16. The number of benzene rings is 6. The summed E-state index contributed by atoms with van der Waals surface area (Å²) in [6, 6.07) is 44.9. The molecule has 2 aliphatic heterocycles. The summed E-state index contributed by atoms with van der Waals surface area (Å²) in [5.74, 6) is -1.65. The van der Waals surface area contributed by atoms with Crippen LogP contribution in [0.3, 0.4) is 0 Å². The van der Waals surface area contributed by atoms with Crippen LogP contribution in [0, 0.1) is 33.6 Å². The second-order valence-electron chi connectivity index (χ2n) is 22.0. The van der Waals surface area contributed by atoms with Gasteiger partial charge in [-0.1, -0.05) is 142 Å². The van der Waals surface area contributed by atoms with E-state index in [0.29, 0.717) is 39.0 Å². The van der Waals surface area contributed by atoms with Crippen LogP contribution in [0.25, 0.3) is 0 Å². The fraction of sp³-hybridized carbons (Fsp3) is 0.393. The molecule has 2 aliphatic rings. The largest absolute Gasteiger partial charge is 0.372 e. The Labute approximate surface area is 476 Å². The molecular formula is C61H78N6O9S4+2. The molecule has 2 saturated heterocycles. The first-order chi connectivity index (χ1) is 38.1. The molecule has 2 heterocycles. The van der Waals surface area contributed by atoms with Crippen molar-refractivity contribution < 1.29 is 46.5 Å². The Morgan fingerprint density at radius 3 is 1.20 bits per heavy atom. The summed E-state index contributed by atoms with van der Waals surface area (Å²) in [5, 5.41) is 0. The summed E-state index contributed by atoms with van der Waals surface area (Å²) in [7, 11) is -18.7. The Morgan fingerprint density at radius 1 is 0.425 bits per heavy atom. The van der Waals surface area contributed by atoms with E-state index in [0.717, 1.165) is 37.7 Å². The van der Waals surface area contributed by atoms with Crippen molar-refractivity contribution in [3.05, 3.63) is 191 Å². The lowest BCUT2D eigenvalue weighted by Gasteiger charge is -2.51. The van der Waals surface area contributed by atoms with Crippen LogP contribution in [0.1, 0.15) is 66.0 Å². The first-order valence-electron chi connectivity index (χ1n) is 27.6. The van der Waals surface area contributed by atoms with Gasteiger partial charge in [0.2, 0.25) is 32.4 Å².